The molecule has 0 aromatic carbocycles. The van der Waals surface area contributed by atoms with E-state index in [0.717, 1.165) is 25.7 Å². The standard InChI is InChI=1S/C12H21NO2/c1-11(2,3)15-10(14)12-6-4-8(12)9(13)5-7-12/h8-9H,4-7,13H2,1-3H3/t8-,9+,12-/m0/s1. The first-order chi connectivity index (χ1) is 6.85. The minimum absolute atomic E-state index is 0.0146. The monoisotopic (exact) mass is 211 g/mol. The Labute approximate surface area is 91.4 Å². The molecular weight excluding hydrogens is 190 g/mol. The van der Waals surface area contributed by atoms with Crippen LogP contribution in [0.4, 0.5) is 0 Å². The van der Waals surface area contributed by atoms with Crippen LogP contribution in [0.3, 0.4) is 0 Å². The fourth-order valence-corrected chi connectivity index (χ4v) is 2.95. The first-order valence-electron chi connectivity index (χ1n) is 5.84. The van der Waals surface area contributed by atoms with Crippen molar-refractivity contribution < 1.29 is 9.53 Å². The lowest BCUT2D eigenvalue weighted by molar-refractivity contribution is -0.177. The molecule has 0 aromatic heterocycles. The average Bonchev–Trinajstić information content (AvgIpc) is 2.19. The summed E-state index contributed by atoms with van der Waals surface area (Å²) in [5.41, 5.74) is 5.41. The minimum Gasteiger partial charge on any atom is -0.460 e. The summed E-state index contributed by atoms with van der Waals surface area (Å²) >= 11 is 0. The van der Waals surface area contributed by atoms with Gasteiger partial charge in [-0.05, 0) is 52.4 Å². The molecule has 2 aliphatic rings. The molecule has 0 aliphatic heterocycles. The Morgan fingerprint density at radius 3 is 2.33 bits per heavy atom. The van der Waals surface area contributed by atoms with E-state index in [1.54, 1.807) is 0 Å². The zero-order chi connectivity index (χ0) is 11.3. The average molecular weight is 211 g/mol. The van der Waals surface area contributed by atoms with Gasteiger partial charge >= 0.3 is 5.97 Å². The normalized spacial score (nSPS) is 39.5. The molecule has 0 unspecified atom stereocenters. The van der Waals surface area contributed by atoms with Gasteiger partial charge in [0.25, 0.3) is 0 Å². The van der Waals surface area contributed by atoms with Gasteiger partial charge in [0, 0.05) is 6.04 Å². The summed E-state index contributed by atoms with van der Waals surface area (Å²) in [5.74, 6) is 0.367. The van der Waals surface area contributed by atoms with Gasteiger partial charge in [-0.1, -0.05) is 0 Å². The topological polar surface area (TPSA) is 52.3 Å². The second-order valence-corrected chi connectivity index (χ2v) is 6.01. The Kier molecular flexibility index (Phi) is 2.34. The maximum Gasteiger partial charge on any atom is 0.312 e. The first-order valence-corrected chi connectivity index (χ1v) is 5.84. The molecular formula is C12H21NO2. The Balaban J connectivity index is 2.08. The fourth-order valence-electron chi connectivity index (χ4n) is 2.95. The van der Waals surface area contributed by atoms with Crippen LogP contribution in [0.2, 0.25) is 0 Å². The zero-order valence-corrected chi connectivity index (χ0v) is 9.88. The maximum atomic E-state index is 12.1. The molecule has 2 aliphatic carbocycles. The van der Waals surface area contributed by atoms with E-state index < -0.39 is 0 Å². The first kappa shape index (κ1) is 10.9. The Morgan fingerprint density at radius 2 is 1.93 bits per heavy atom. The highest BCUT2D eigenvalue weighted by atomic mass is 16.6. The van der Waals surface area contributed by atoms with Crippen molar-refractivity contribution in [1.82, 2.24) is 0 Å². The van der Waals surface area contributed by atoms with E-state index in [9.17, 15) is 4.79 Å². The van der Waals surface area contributed by atoms with Crippen molar-refractivity contribution in [3.05, 3.63) is 0 Å². The summed E-state index contributed by atoms with van der Waals surface area (Å²) < 4.78 is 5.50. The van der Waals surface area contributed by atoms with Gasteiger partial charge in [0.05, 0.1) is 5.41 Å². The van der Waals surface area contributed by atoms with E-state index in [0.29, 0.717) is 5.92 Å². The summed E-state index contributed by atoms with van der Waals surface area (Å²) in [4.78, 5) is 12.1. The van der Waals surface area contributed by atoms with Gasteiger partial charge in [-0.2, -0.15) is 0 Å². The maximum absolute atomic E-state index is 12.1. The summed E-state index contributed by atoms with van der Waals surface area (Å²) in [6.07, 6.45) is 3.97. The van der Waals surface area contributed by atoms with Crippen LogP contribution in [0.1, 0.15) is 46.5 Å². The molecule has 2 N–H and O–H groups in total. The van der Waals surface area contributed by atoms with Crippen LogP contribution in [0.5, 0.6) is 0 Å². The van der Waals surface area contributed by atoms with Gasteiger partial charge in [-0.3, -0.25) is 4.79 Å². The van der Waals surface area contributed by atoms with Gasteiger partial charge in [-0.25, -0.2) is 0 Å². The molecule has 0 spiro atoms. The molecule has 0 radical (unpaired) electrons. The van der Waals surface area contributed by atoms with E-state index in [2.05, 4.69) is 0 Å². The van der Waals surface area contributed by atoms with Crippen LogP contribution < -0.4 is 5.73 Å². The van der Waals surface area contributed by atoms with E-state index in [4.69, 9.17) is 10.5 Å². The summed E-state index contributed by atoms with van der Waals surface area (Å²) in [7, 11) is 0. The van der Waals surface area contributed by atoms with Gasteiger partial charge in [0.2, 0.25) is 0 Å². The predicted molar refractivity (Wildman–Crippen MR) is 58.2 cm³/mol. The van der Waals surface area contributed by atoms with Crippen molar-refractivity contribution in [3.63, 3.8) is 0 Å². The van der Waals surface area contributed by atoms with Crippen LogP contribution in [0.25, 0.3) is 0 Å². The number of hydrogen-bond donors (Lipinski definition) is 1. The molecule has 3 nitrogen and oxygen atoms in total. The fraction of sp³-hybridized carbons (Fsp3) is 0.917. The molecule has 15 heavy (non-hydrogen) atoms. The van der Waals surface area contributed by atoms with Crippen molar-refractivity contribution in [2.24, 2.45) is 17.1 Å². The smallest absolute Gasteiger partial charge is 0.312 e. The third kappa shape index (κ3) is 1.67. The van der Waals surface area contributed by atoms with Crippen LogP contribution in [-0.4, -0.2) is 17.6 Å². The second kappa shape index (κ2) is 3.21. The summed E-state index contributed by atoms with van der Waals surface area (Å²) in [6, 6.07) is 0.214. The van der Waals surface area contributed by atoms with Gasteiger partial charge in [0.15, 0.2) is 0 Å². The van der Waals surface area contributed by atoms with E-state index in [-0.39, 0.29) is 23.0 Å². The highest BCUT2D eigenvalue weighted by molar-refractivity contribution is 5.79. The highest BCUT2D eigenvalue weighted by Crippen LogP contribution is 2.57. The number of hydrogen-bond acceptors (Lipinski definition) is 3. The van der Waals surface area contributed by atoms with Crippen molar-refractivity contribution in [3.8, 4) is 0 Å². The lowest BCUT2D eigenvalue weighted by atomic mass is 9.61. The van der Waals surface area contributed by atoms with Crippen molar-refractivity contribution >= 4 is 5.97 Å². The van der Waals surface area contributed by atoms with Crippen LogP contribution in [0, 0.1) is 11.3 Å². The molecule has 2 fully saturated rings. The Bertz CT molecular complexity index is 282. The van der Waals surface area contributed by atoms with Crippen LogP contribution >= 0.6 is 0 Å². The van der Waals surface area contributed by atoms with Gasteiger partial charge < -0.3 is 10.5 Å². The molecule has 0 saturated heterocycles. The van der Waals surface area contributed by atoms with Crippen molar-refractivity contribution in [1.29, 1.82) is 0 Å². The minimum atomic E-state index is -0.376. The SMILES string of the molecule is CC(C)(C)OC(=O)[C@@]12CC[C@@H](N)[C@@H]1CC2. The molecule has 3 heteroatoms. The second-order valence-electron chi connectivity index (χ2n) is 6.01. The largest absolute Gasteiger partial charge is 0.460 e. The van der Waals surface area contributed by atoms with Crippen LogP contribution in [-0.2, 0) is 9.53 Å². The summed E-state index contributed by atoms with van der Waals surface area (Å²) in [5, 5.41) is 0. The number of fused-ring (bicyclic) bond motifs is 1. The van der Waals surface area contributed by atoms with Crippen molar-refractivity contribution in [2.45, 2.75) is 58.1 Å². The highest BCUT2D eigenvalue weighted by Gasteiger charge is 2.59. The molecule has 0 aromatic rings. The lowest BCUT2D eigenvalue weighted by Crippen LogP contribution is -2.50. The molecule has 2 saturated carbocycles. The number of nitrogens with two attached hydrogens (primary N) is 1. The molecule has 3 atom stereocenters. The zero-order valence-electron chi connectivity index (χ0n) is 9.88. The van der Waals surface area contributed by atoms with Gasteiger partial charge in [0.1, 0.15) is 5.60 Å². The number of rotatable bonds is 1. The number of carbonyl (C=O) groups excluding carboxylic acids is 1. The van der Waals surface area contributed by atoms with Crippen molar-refractivity contribution in [2.75, 3.05) is 0 Å². The number of carbonyl (C=O) groups is 1. The Hall–Kier alpha value is -0.570. The third-order valence-corrected chi connectivity index (χ3v) is 3.86. The molecule has 86 valence electrons. The van der Waals surface area contributed by atoms with E-state index in [1.165, 1.54) is 0 Å². The van der Waals surface area contributed by atoms with E-state index >= 15 is 0 Å². The lowest BCUT2D eigenvalue weighted by Gasteiger charge is -2.45. The number of ether oxygens (including phenoxy) is 1. The van der Waals surface area contributed by atoms with E-state index in [1.807, 2.05) is 20.8 Å². The van der Waals surface area contributed by atoms with Crippen LogP contribution in [0.15, 0.2) is 0 Å². The van der Waals surface area contributed by atoms with Gasteiger partial charge in [-0.15, -0.1) is 0 Å². The third-order valence-electron chi connectivity index (χ3n) is 3.86. The molecule has 0 amide bonds. The molecule has 0 bridgehead atoms. The summed E-state index contributed by atoms with van der Waals surface area (Å²) in [6.45, 7) is 5.76. The predicted octanol–water partition coefficient (Wildman–Crippen LogP) is 1.85. The quantitative estimate of drug-likeness (QED) is 0.673. The number of esters is 1. The molecule has 2 rings (SSSR count). The Morgan fingerprint density at radius 1 is 1.33 bits per heavy atom. The molecule has 0 heterocycles.